The van der Waals surface area contributed by atoms with Crippen LogP contribution in [0.2, 0.25) is 0 Å². The van der Waals surface area contributed by atoms with Gasteiger partial charge in [0.05, 0.1) is 13.0 Å². The number of carbonyl (C=O) groups excluding carboxylic acids is 2. The Morgan fingerprint density at radius 2 is 1.88 bits per heavy atom. The first-order valence-corrected chi connectivity index (χ1v) is 8.75. The van der Waals surface area contributed by atoms with Crippen LogP contribution in [0.15, 0.2) is 24.3 Å². The standard InChI is InChI=1S/C19H26N2O3/c1-20-10-11-21(13-16-6-3-4-9-17(16)20)18(22)14-7-5-8-15(12-14)19(23)24-2/h3-4,6,9,14-15H,5,7-8,10-13H2,1-2H3/t14-,15-/m1/s1. The molecule has 0 spiro atoms. The van der Waals surface area contributed by atoms with Gasteiger partial charge in [0.15, 0.2) is 0 Å². The predicted molar refractivity (Wildman–Crippen MR) is 92.6 cm³/mol. The van der Waals surface area contributed by atoms with E-state index in [1.165, 1.54) is 18.4 Å². The summed E-state index contributed by atoms with van der Waals surface area (Å²) >= 11 is 0. The van der Waals surface area contributed by atoms with E-state index in [2.05, 4.69) is 24.1 Å². The summed E-state index contributed by atoms with van der Waals surface area (Å²) in [5.74, 6) is -0.166. The average Bonchev–Trinajstić information content (AvgIpc) is 2.80. The van der Waals surface area contributed by atoms with Gasteiger partial charge in [0.1, 0.15) is 0 Å². The van der Waals surface area contributed by atoms with E-state index in [-0.39, 0.29) is 23.7 Å². The largest absolute Gasteiger partial charge is 0.469 e. The van der Waals surface area contributed by atoms with Crippen molar-refractivity contribution in [2.45, 2.75) is 32.2 Å². The molecule has 3 rings (SSSR count). The van der Waals surface area contributed by atoms with Gasteiger partial charge in [-0.05, 0) is 30.9 Å². The van der Waals surface area contributed by atoms with Gasteiger partial charge < -0.3 is 14.5 Å². The van der Waals surface area contributed by atoms with Crippen molar-refractivity contribution >= 4 is 17.6 Å². The minimum absolute atomic E-state index is 0.0570. The molecule has 2 atom stereocenters. The van der Waals surface area contributed by atoms with Crippen molar-refractivity contribution < 1.29 is 14.3 Å². The maximum absolute atomic E-state index is 13.0. The normalized spacial score (nSPS) is 24.1. The number of carbonyl (C=O) groups is 2. The van der Waals surface area contributed by atoms with E-state index in [9.17, 15) is 9.59 Å². The molecule has 0 aromatic heterocycles. The van der Waals surface area contributed by atoms with E-state index in [4.69, 9.17) is 4.74 Å². The maximum atomic E-state index is 13.0. The fourth-order valence-corrected chi connectivity index (χ4v) is 3.93. The number of fused-ring (bicyclic) bond motifs is 1. The Hall–Kier alpha value is -2.04. The summed E-state index contributed by atoms with van der Waals surface area (Å²) in [5.41, 5.74) is 2.38. The number of nitrogens with zero attached hydrogens (tertiary/aromatic N) is 2. The van der Waals surface area contributed by atoms with E-state index in [1.807, 2.05) is 17.0 Å². The van der Waals surface area contributed by atoms with Crippen molar-refractivity contribution in [1.29, 1.82) is 0 Å². The first kappa shape index (κ1) is 16.8. The molecule has 130 valence electrons. The number of ether oxygens (including phenoxy) is 1. The van der Waals surface area contributed by atoms with Crippen molar-refractivity contribution in [3.63, 3.8) is 0 Å². The Morgan fingerprint density at radius 3 is 2.67 bits per heavy atom. The average molecular weight is 330 g/mol. The lowest BCUT2D eigenvalue weighted by Gasteiger charge is -2.31. The van der Waals surface area contributed by atoms with Crippen LogP contribution in [0.5, 0.6) is 0 Å². The number of rotatable bonds is 2. The number of anilines is 1. The Balaban J connectivity index is 1.72. The molecule has 2 aliphatic rings. The second-order valence-electron chi connectivity index (χ2n) is 6.89. The molecule has 5 nitrogen and oxygen atoms in total. The quantitative estimate of drug-likeness (QED) is 0.782. The van der Waals surface area contributed by atoms with Crippen LogP contribution in [0.25, 0.3) is 0 Å². The second kappa shape index (κ2) is 7.24. The molecule has 0 bridgehead atoms. The highest BCUT2D eigenvalue weighted by atomic mass is 16.5. The molecule has 1 saturated carbocycles. The molecule has 0 radical (unpaired) electrons. The van der Waals surface area contributed by atoms with Gasteiger partial charge in [0, 0.05) is 38.3 Å². The molecule has 1 amide bonds. The third-order valence-electron chi connectivity index (χ3n) is 5.34. The lowest BCUT2D eigenvalue weighted by Crippen LogP contribution is -2.40. The van der Waals surface area contributed by atoms with Crippen LogP contribution < -0.4 is 4.90 Å². The zero-order valence-corrected chi connectivity index (χ0v) is 14.5. The van der Waals surface area contributed by atoms with Gasteiger partial charge in [-0.1, -0.05) is 24.6 Å². The molecule has 1 heterocycles. The first-order chi connectivity index (χ1) is 11.6. The van der Waals surface area contributed by atoms with E-state index in [0.29, 0.717) is 13.0 Å². The van der Waals surface area contributed by atoms with Gasteiger partial charge in [-0.25, -0.2) is 0 Å². The molecular weight excluding hydrogens is 304 g/mol. The molecule has 5 heteroatoms. The number of amides is 1. The second-order valence-corrected chi connectivity index (χ2v) is 6.89. The summed E-state index contributed by atoms with van der Waals surface area (Å²) in [5, 5.41) is 0. The van der Waals surface area contributed by atoms with Gasteiger partial charge in [-0.2, -0.15) is 0 Å². The number of likely N-dealkylation sites (N-methyl/N-ethyl adjacent to an activating group) is 1. The number of benzene rings is 1. The summed E-state index contributed by atoms with van der Waals surface area (Å²) < 4.78 is 4.87. The smallest absolute Gasteiger partial charge is 0.308 e. The number of hydrogen-bond acceptors (Lipinski definition) is 4. The van der Waals surface area contributed by atoms with Gasteiger partial charge in [0.25, 0.3) is 0 Å². The number of hydrogen-bond donors (Lipinski definition) is 0. The molecule has 1 aromatic carbocycles. The molecule has 1 aromatic rings. The molecule has 24 heavy (non-hydrogen) atoms. The predicted octanol–water partition coefficient (Wildman–Crippen LogP) is 2.44. The summed E-state index contributed by atoms with van der Waals surface area (Å²) in [6, 6.07) is 8.26. The highest BCUT2D eigenvalue weighted by molar-refractivity contribution is 5.81. The molecule has 1 aliphatic carbocycles. The van der Waals surface area contributed by atoms with Crippen LogP contribution >= 0.6 is 0 Å². The topological polar surface area (TPSA) is 49.9 Å². The minimum Gasteiger partial charge on any atom is -0.469 e. The van der Waals surface area contributed by atoms with Crippen LogP contribution in [-0.4, -0.2) is 44.0 Å². The van der Waals surface area contributed by atoms with Crippen molar-refractivity contribution in [2.75, 3.05) is 32.1 Å². The van der Waals surface area contributed by atoms with Gasteiger partial charge in [0.2, 0.25) is 5.91 Å². The van der Waals surface area contributed by atoms with E-state index in [1.54, 1.807) is 0 Å². The highest BCUT2D eigenvalue weighted by Crippen LogP contribution is 2.32. The minimum atomic E-state index is -0.173. The first-order valence-electron chi connectivity index (χ1n) is 8.75. The summed E-state index contributed by atoms with van der Waals surface area (Å²) in [4.78, 5) is 29.0. The molecule has 0 saturated heterocycles. The Morgan fingerprint density at radius 1 is 1.12 bits per heavy atom. The Kier molecular flexibility index (Phi) is 5.07. The molecule has 1 fully saturated rings. The summed E-state index contributed by atoms with van der Waals surface area (Å²) in [6.45, 7) is 2.21. The van der Waals surface area contributed by atoms with Gasteiger partial charge in [-0.15, -0.1) is 0 Å². The zero-order valence-electron chi connectivity index (χ0n) is 14.5. The summed E-state index contributed by atoms with van der Waals surface area (Å²) in [6.07, 6.45) is 3.25. The number of esters is 1. The maximum Gasteiger partial charge on any atom is 0.308 e. The monoisotopic (exact) mass is 330 g/mol. The molecule has 0 unspecified atom stereocenters. The lowest BCUT2D eigenvalue weighted by molar-refractivity contribution is -0.148. The SMILES string of the molecule is COC(=O)[C@@H]1CCC[C@@H](C(=O)N2CCN(C)c3ccccc3C2)C1. The number of para-hydroxylation sites is 1. The van der Waals surface area contributed by atoms with Crippen LogP contribution in [0.3, 0.4) is 0 Å². The van der Waals surface area contributed by atoms with Gasteiger partial charge in [-0.3, -0.25) is 9.59 Å². The fraction of sp³-hybridized carbons (Fsp3) is 0.579. The van der Waals surface area contributed by atoms with Crippen LogP contribution in [0.1, 0.15) is 31.2 Å². The molecule has 0 N–H and O–H groups in total. The van der Waals surface area contributed by atoms with Crippen LogP contribution in [0, 0.1) is 11.8 Å². The number of methoxy groups -OCH3 is 1. The van der Waals surface area contributed by atoms with Gasteiger partial charge >= 0.3 is 5.97 Å². The van der Waals surface area contributed by atoms with E-state index < -0.39 is 0 Å². The third-order valence-corrected chi connectivity index (χ3v) is 5.34. The van der Waals surface area contributed by atoms with Crippen molar-refractivity contribution in [3.05, 3.63) is 29.8 Å². The van der Waals surface area contributed by atoms with E-state index in [0.717, 1.165) is 32.4 Å². The van der Waals surface area contributed by atoms with Crippen LogP contribution in [0.4, 0.5) is 5.69 Å². The summed E-state index contributed by atoms with van der Waals surface area (Å²) in [7, 11) is 3.50. The zero-order chi connectivity index (χ0) is 17.1. The Bertz CT molecular complexity index is 616. The lowest BCUT2D eigenvalue weighted by atomic mass is 9.80. The van der Waals surface area contributed by atoms with Crippen molar-refractivity contribution in [2.24, 2.45) is 11.8 Å². The van der Waals surface area contributed by atoms with Crippen molar-refractivity contribution in [1.82, 2.24) is 4.90 Å². The van der Waals surface area contributed by atoms with E-state index >= 15 is 0 Å². The fourth-order valence-electron chi connectivity index (χ4n) is 3.93. The third kappa shape index (κ3) is 3.40. The van der Waals surface area contributed by atoms with Crippen LogP contribution in [-0.2, 0) is 20.9 Å². The van der Waals surface area contributed by atoms with Crippen molar-refractivity contribution in [3.8, 4) is 0 Å². The molecular formula is C19H26N2O3. The highest BCUT2D eigenvalue weighted by Gasteiger charge is 2.34. The molecule has 1 aliphatic heterocycles. The Labute approximate surface area is 143 Å².